The molecule has 2 aromatic carbocycles. The van der Waals surface area contributed by atoms with E-state index in [1.807, 2.05) is 48.5 Å². The van der Waals surface area contributed by atoms with Gasteiger partial charge in [0.2, 0.25) is 5.91 Å². The highest BCUT2D eigenvalue weighted by Gasteiger charge is 2.15. The molecule has 1 amide bonds. The zero-order valence-corrected chi connectivity index (χ0v) is 10.8. The van der Waals surface area contributed by atoms with Crippen molar-refractivity contribution >= 4 is 17.3 Å². The van der Waals surface area contributed by atoms with Gasteiger partial charge in [0.25, 0.3) is 0 Å². The van der Waals surface area contributed by atoms with Gasteiger partial charge in [0.15, 0.2) is 0 Å². The Morgan fingerprint density at radius 3 is 1.84 bits per heavy atom. The maximum Gasteiger partial charge on any atom is 0.217 e. The molecule has 0 heterocycles. The van der Waals surface area contributed by atoms with Crippen LogP contribution in [0.15, 0.2) is 48.5 Å². The van der Waals surface area contributed by atoms with E-state index in [9.17, 15) is 4.79 Å². The molecule has 4 nitrogen and oxygen atoms in total. The second-order valence-corrected chi connectivity index (χ2v) is 4.47. The van der Waals surface area contributed by atoms with Crippen LogP contribution in [0.1, 0.15) is 24.1 Å². The first-order chi connectivity index (χ1) is 9.06. The zero-order chi connectivity index (χ0) is 13.8. The lowest BCUT2D eigenvalue weighted by Gasteiger charge is -2.19. The van der Waals surface area contributed by atoms with E-state index in [0.29, 0.717) is 11.4 Å². The Hall–Kier alpha value is -2.49. The lowest BCUT2D eigenvalue weighted by molar-refractivity contribution is -0.119. The third kappa shape index (κ3) is 3.25. The Labute approximate surface area is 112 Å². The van der Waals surface area contributed by atoms with E-state index in [-0.39, 0.29) is 11.9 Å². The maximum absolute atomic E-state index is 11.4. The van der Waals surface area contributed by atoms with Crippen LogP contribution < -0.4 is 16.8 Å². The van der Waals surface area contributed by atoms with Crippen molar-refractivity contribution in [2.75, 3.05) is 11.5 Å². The number of amides is 1. The molecule has 0 spiro atoms. The molecule has 0 radical (unpaired) electrons. The summed E-state index contributed by atoms with van der Waals surface area (Å²) < 4.78 is 0. The number of hydrogen-bond acceptors (Lipinski definition) is 3. The molecule has 0 aliphatic heterocycles. The second-order valence-electron chi connectivity index (χ2n) is 4.47. The van der Waals surface area contributed by atoms with Crippen LogP contribution in [0.25, 0.3) is 0 Å². The minimum absolute atomic E-state index is 0.102. The standard InChI is InChI=1S/C15H17N3O/c1-10(19)18-15(11-4-2-6-13(16)8-11)12-5-3-7-14(17)9-12/h2-9,15H,16-17H2,1H3,(H,18,19). The number of rotatable bonds is 3. The van der Waals surface area contributed by atoms with Crippen LogP contribution in [0, 0.1) is 0 Å². The summed E-state index contributed by atoms with van der Waals surface area (Å²) in [4.78, 5) is 11.4. The third-order valence-electron chi connectivity index (χ3n) is 2.84. The molecule has 19 heavy (non-hydrogen) atoms. The third-order valence-corrected chi connectivity index (χ3v) is 2.84. The lowest BCUT2D eigenvalue weighted by Crippen LogP contribution is -2.27. The summed E-state index contributed by atoms with van der Waals surface area (Å²) in [6.07, 6.45) is 0. The fraction of sp³-hybridized carbons (Fsp3) is 0.133. The highest BCUT2D eigenvalue weighted by molar-refractivity contribution is 5.74. The molecular formula is C15H17N3O. The molecule has 0 aromatic heterocycles. The molecular weight excluding hydrogens is 238 g/mol. The molecule has 0 atom stereocenters. The van der Waals surface area contributed by atoms with Gasteiger partial charge in [-0.2, -0.15) is 0 Å². The Kier molecular flexibility index (Phi) is 3.71. The van der Waals surface area contributed by atoms with Crippen molar-refractivity contribution in [2.24, 2.45) is 0 Å². The molecule has 0 fully saturated rings. The van der Waals surface area contributed by atoms with Gasteiger partial charge >= 0.3 is 0 Å². The largest absolute Gasteiger partial charge is 0.399 e. The van der Waals surface area contributed by atoms with Gasteiger partial charge in [-0.25, -0.2) is 0 Å². The molecule has 0 saturated carbocycles. The first-order valence-corrected chi connectivity index (χ1v) is 6.04. The highest BCUT2D eigenvalue weighted by atomic mass is 16.1. The predicted molar refractivity (Wildman–Crippen MR) is 77.4 cm³/mol. The van der Waals surface area contributed by atoms with Gasteiger partial charge < -0.3 is 16.8 Å². The lowest BCUT2D eigenvalue weighted by atomic mass is 9.98. The van der Waals surface area contributed by atoms with E-state index in [1.165, 1.54) is 6.92 Å². The number of benzene rings is 2. The molecule has 4 heteroatoms. The van der Waals surface area contributed by atoms with Crippen LogP contribution in [0.3, 0.4) is 0 Å². The van der Waals surface area contributed by atoms with Crippen molar-refractivity contribution in [2.45, 2.75) is 13.0 Å². The van der Waals surface area contributed by atoms with Gasteiger partial charge in [0.05, 0.1) is 6.04 Å². The molecule has 0 saturated heterocycles. The minimum atomic E-state index is -0.246. The van der Waals surface area contributed by atoms with Crippen LogP contribution in [0.4, 0.5) is 11.4 Å². The number of carbonyl (C=O) groups excluding carboxylic acids is 1. The molecule has 2 aromatic rings. The van der Waals surface area contributed by atoms with E-state index >= 15 is 0 Å². The average Bonchev–Trinajstić information content (AvgIpc) is 2.35. The average molecular weight is 255 g/mol. The first kappa shape index (κ1) is 13.0. The van der Waals surface area contributed by atoms with Crippen LogP contribution in [-0.2, 0) is 4.79 Å². The molecule has 98 valence electrons. The van der Waals surface area contributed by atoms with E-state index in [4.69, 9.17) is 11.5 Å². The second kappa shape index (κ2) is 5.44. The monoisotopic (exact) mass is 255 g/mol. The number of nitrogen functional groups attached to an aromatic ring is 2. The predicted octanol–water partition coefficient (Wildman–Crippen LogP) is 2.08. The van der Waals surface area contributed by atoms with Crippen molar-refractivity contribution in [3.05, 3.63) is 59.7 Å². The van der Waals surface area contributed by atoms with Crippen LogP contribution >= 0.6 is 0 Å². The van der Waals surface area contributed by atoms with Crippen molar-refractivity contribution in [3.63, 3.8) is 0 Å². The molecule has 2 rings (SSSR count). The Morgan fingerprint density at radius 1 is 1.00 bits per heavy atom. The van der Waals surface area contributed by atoms with Crippen molar-refractivity contribution in [1.29, 1.82) is 0 Å². The van der Waals surface area contributed by atoms with Gasteiger partial charge in [-0.15, -0.1) is 0 Å². The summed E-state index contributed by atoms with van der Waals surface area (Å²) in [5.41, 5.74) is 14.8. The molecule has 0 bridgehead atoms. The Bertz CT molecular complexity index is 550. The fourth-order valence-corrected chi connectivity index (χ4v) is 2.04. The molecule has 5 N–H and O–H groups in total. The Morgan fingerprint density at radius 2 is 1.47 bits per heavy atom. The van der Waals surface area contributed by atoms with Gasteiger partial charge in [-0.05, 0) is 35.4 Å². The first-order valence-electron chi connectivity index (χ1n) is 6.04. The molecule has 0 aliphatic carbocycles. The zero-order valence-electron chi connectivity index (χ0n) is 10.8. The van der Waals surface area contributed by atoms with Gasteiger partial charge in [-0.1, -0.05) is 24.3 Å². The number of nitrogens with one attached hydrogen (secondary N) is 1. The highest BCUT2D eigenvalue weighted by Crippen LogP contribution is 2.24. The van der Waals surface area contributed by atoms with Crippen LogP contribution in [0.2, 0.25) is 0 Å². The molecule has 0 unspecified atom stereocenters. The summed E-state index contributed by atoms with van der Waals surface area (Å²) in [5, 5.41) is 2.92. The summed E-state index contributed by atoms with van der Waals surface area (Å²) in [6.45, 7) is 1.49. The number of hydrogen-bond donors (Lipinski definition) is 3. The minimum Gasteiger partial charge on any atom is -0.399 e. The number of carbonyl (C=O) groups is 1. The summed E-state index contributed by atoms with van der Waals surface area (Å²) in [6, 6.07) is 14.7. The van der Waals surface area contributed by atoms with E-state index < -0.39 is 0 Å². The van der Waals surface area contributed by atoms with Crippen LogP contribution in [-0.4, -0.2) is 5.91 Å². The summed E-state index contributed by atoms with van der Waals surface area (Å²) in [5.74, 6) is -0.102. The Balaban J connectivity index is 2.44. The topological polar surface area (TPSA) is 81.1 Å². The van der Waals surface area contributed by atoms with E-state index in [0.717, 1.165) is 11.1 Å². The van der Waals surface area contributed by atoms with Gasteiger partial charge in [0.1, 0.15) is 0 Å². The number of nitrogens with two attached hydrogens (primary N) is 2. The van der Waals surface area contributed by atoms with Crippen molar-refractivity contribution < 1.29 is 4.79 Å². The normalized spacial score (nSPS) is 10.4. The summed E-state index contributed by atoms with van der Waals surface area (Å²) >= 11 is 0. The SMILES string of the molecule is CC(=O)NC(c1cccc(N)c1)c1cccc(N)c1. The van der Waals surface area contributed by atoms with Gasteiger partial charge in [0, 0.05) is 18.3 Å². The maximum atomic E-state index is 11.4. The van der Waals surface area contributed by atoms with E-state index in [2.05, 4.69) is 5.32 Å². The van der Waals surface area contributed by atoms with E-state index in [1.54, 1.807) is 0 Å². The molecule has 0 aliphatic rings. The van der Waals surface area contributed by atoms with Gasteiger partial charge in [-0.3, -0.25) is 4.79 Å². The quantitative estimate of drug-likeness (QED) is 0.734. The van der Waals surface area contributed by atoms with Crippen LogP contribution in [0.5, 0.6) is 0 Å². The fourth-order valence-electron chi connectivity index (χ4n) is 2.04. The van der Waals surface area contributed by atoms with Crippen molar-refractivity contribution in [1.82, 2.24) is 5.32 Å². The smallest absolute Gasteiger partial charge is 0.217 e. The van der Waals surface area contributed by atoms with Crippen molar-refractivity contribution in [3.8, 4) is 0 Å². The summed E-state index contributed by atoms with van der Waals surface area (Å²) in [7, 11) is 0. The number of anilines is 2.